The second kappa shape index (κ2) is 4.58. The number of rotatable bonds is 3. The van der Waals surface area contributed by atoms with E-state index in [2.05, 4.69) is 23.8 Å². The van der Waals surface area contributed by atoms with Gasteiger partial charge in [-0.3, -0.25) is 0 Å². The van der Waals surface area contributed by atoms with Crippen molar-refractivity contribution in [2.75, 3.05) is 18.5 Å². The van der Waals surface area contributed by atoms with Gasteiger partial charge in [-0.2, -0.15) is 0 Å². The zero-order valence-corrected chi connectivity index (χ0v) is 11.4. The molecule has 2 aromatic heterocycles. The smallest absolute Gasteiger partial charge is 0.140 e. The van der Waals surface area contributed by atoms with Crippen LogP contribution in [0.4, 0.5) is 5.82 Å². The maximum atomic E-state index is 9.45. The highest BCUT2D eigenvalue weighted by molar-refractivity contribution is 7.18. The lowest BCUT2D eigenvalue weighted by molar-refractivity contribution is 0.201. The molecular formula is C12H17N3OS. The third kappa shape index (κ3) is 2.25. The summed E-state index contributed by atoms with van der Waals surface area (Å²) in [7, 11) is 1.95. The van der Waals surface area contributed by atoms with Crippen molar-refractivity contribution in [3.05, 3.63) is 16.8 Å². The molecule has 92 valence electrons. The van der Waals surface area contributed by atoms with Crippen LogP contribution in [-0.2, 0) is 0 Å². The van der Waals surface area contributed by atoms with Crippen LogP contribution in [0.5, 0.6) is 0 Å². The Balaban J connectivity index is 2.53. The second-order valence-electron chi connectivity index (χ2n) is 4.39. The molecule has 0 spiro atoms. The number of aliphatic hydroxyl groups excluding tert-OH is 1. The van der Waals surface area contributed by atoms with E-state index < -0.39 is 0 Å². The van der Waals surface area contributed by atoms with Gasteiger partial charge in [-0.25, -0.2) is 9.97 Å². The molecule has 1 unspecified atom stereocenters. The molecule has 5 heteroatoms. The molecule has 0 saturated heterocycles. The van der Waals surface area contributed by atoms with Gasteiger partial charge >= 0.3 is 0 Å². The molecule has 0 aliphatic carbocycles. The van der Waals surface area contributed by atoms with E-state index in [4.69, 9.17) is 0 Å². The Labute approximate surface area is 105 Å². The highest BCUT2D eigenvalue weighted by atomic mass is 32.1. The number of aliphatic hydroxyl groups is 1. The Morgan fingerprint density at radius 3 is 2.76 bits per heavy atom. The number of hydrogen-bond donors (Lipinski definition) is 1. The standard InChI is InChI=1S/C12H17N3OS/c1-7(16)5-15(4)11-10-8(2)9(3)17-12(10)14-6-13-11/h6-7,16H,5H2,1-4H3. The summed E-state index contributed by atoms with van der Waals surface area (Å²) in [5.74, 6) is 0.901. The second-order valence-corrected chi connectivity index (χ2v) is 5.59. The van der Waals surface area contributed by atoms with E-state index in [9.17, 15) is 5.11 Å². The first kappa shape index (κ1) is 12.3. The van der Waals surface area contributed by atoms with Gasteiger partial charge in [0.05, 0.1) is 11.5 Å². The van der Waals surface area contributed by atoms with Crippen molar-refractivity contribution in [1.82, 2.24) is 9.97 Å². The largest absolute Gasteiger partial charge is 0.392 e. The van der Waals surface area contributed by atoms with Crippen LogP contribution in [0.1, 0.15) is 17.4 Å². The summed E-state index contributed by atoms with van der Waals surface area (Å²) in [6.45, 7) is 6.54. The summed E-state index contributed by atoms with van der Waals surface area (Å²) in [6.07, 6.45) is 1.22. The molecule has 0 bridgehead atoms. The fourth-order valence-electron chi connectivity index (χ4n) is 1.94. The predicted octanol–water partition coefficient (Wildman–Crippen LogP) is 2.13. The maximum absolute atomic E-state index is 9.45. The van der Waals surface area contributed by atoms with Crippen molar-refractivity contribution in [1.29, 1.82) is 0 Å². The molecule has 0 aliphatic heterocycles. The normalized spacial score (nSPS) is 13.0. The van der Waals surface area contributed by atoms with E-state index in [1.165, 1.54) is 10.4 Å². The minimum atomic E-state index is -0.370. The summed E-state index contributed by atoms with van der Waals surface area (Å²) in [5.41, 5.74) is 1.23. The Bertz CT molecular complexity index is 536. The molecule has 0 aromatic carbocycles. The molecule has 2 rings (SSSR count). The lowest BCUT2D eigenvalue weighted by atomic mass is 10.2. The molecule has 1 N–H and O–H groups in total. The highest BCUT2D eigenvalue weighted by Gasteiger charge is 2.15. The molecule has 0 saturated carbocycles. The minimum Gasteiger partial charge on any atom is -0.392 e. The number of thiophene rings is 1. The number of anilines is 1. The van der Waals surface area contributed by atoms with E-state index in [-0.39, 0.29) is 6.10 Å². The molecule has 2 aromatic rings. The summed E-state index contributed by atoms with van der Waals surface area (Å²) in [4.78, 5) is 12.9. The van der Waals surface area contributed by atoms with Crippen LogP contribution in [0, 0.1) is 13.8 Å². The van der Waals surface area contributed by atoms with E-state index in [1.54, 1.807) is 24.6 Å². The summed E-state index contributed by atoms with van der Waals surface area (Å²) < 4.78 is 0. The Morgan fingerprint density at radius 2 is 2.12 bits per heavy atom. The van der Waals surface area contributed by atoms with Crippen LogP contribution in [-0.4, -0.2) is 34.8 Å². The fraction of sp³-hybridized carbons (Fsp3) is 0.500. The SMILES string of the molecule is Cc1sc2ncnc(N(C)CC(C)O)c2c1C. The molecule has 2 heterocycles. The number of likely N-dealkylation sites (N-methyl/N-ethyl adjacent to an activating group) is 1. The summed E-state index contributed by atoms with van der Waals surface area (Å²) in [5, 5.41) is 10.6. The van der Waals surface area contributed by atoms with Gasteiger partial charge in [-0.15, -0.1) is 11.3 Å². The molecule has 0 aliphatic rings. The fourth-order valence-corrected chi connectivity index (χ4v) is 2.93. The van der Waals surface area contributed by atoms with Gasteiger partial charge in [0.25, 0.3) is 0 Å². The van der Waals surface area contributed by atoms with Crippen LogP contribution in [0.15, 0.2) is 6.33 Å². The quantitative estimate of drug-likeness (QED) is 0.908. The third-order valence-electron chi connectivity index (χ3n) is 2.84. The topological polar surface area (TPSA) is 49.2 Å². The number of aryl methyl sites for hydroxylation is 2. The van der Waals surface area contributed by atoms with Crippen molar-refractivity contribution in [2.45, 2.75) is 26.9 Å². The van der Waals surface area contributed by atoms with Gasteiger partial charge < -0.3 is 10.0 Å². The monoisotopic (exact) mass is 251 g/mol. The van der Waals surface area contributed by atoms with E-state index in [0.717, 1.165) is 16.0 Å². The van der Waals surface area contributed by atoms with Crippen LogP contribution >= 0.6 is 11.3 Å². The molecule has 0 amide bonds. The first-order chi connectivity index (χ1) is 8.00. The van der Waals surface area contributed by atoms with Crippen molar-refractivity contribution in [2.24, 2.45) is 0 Å². The summed E-state index contributed by atoms with van der Waals surface area (Å²) in [6, 6.07) is 0. The lowest BCUT2D eigenvalue weighted by Crippen LogP contribution is -2.27. The van der Waals surface area contributed by atoms with E-state index >= 15 is 0 Å². The van der Waals surface area contributed by atoms with Gasteiger partial charge in [-0.1, -0.05) is 0 Å². The zero-order valence-electron chi connectivity index (χ0n) is 10.6. The van der Waals surface area contributed by atoms with Crippen LogP contribution in [0.2, 0.25) is 0 Å². The molecular weight excluding hydrogens is 234 g/mol. The van der Waals surface area contributed by atoms with Gasteiger partial charge in [0, 0.05) is 18.5 Å². The van der Waals surface area contributed by atoms with Gasteiger partial charge in [0.2, 0.25) is 0 Å². The van der Waals surface area contributed by atoms with E-state index in [0.29, 0.717) is 6.54 Å². The minimum absolute atomic E-state index is 0.370. The first-order valence-electron chi connectivity index (χ1n) is 5.60. The van der Waals surface area contributed by atoms with Crippen LogP contribution in [0.3, 0.4) is 0 Å². The molecule has 4 nitrogen and oxygen atoms in total. The Morgan fingerprint density at radius 1 is 1.41 bits per heavy atom. The van der Waals surface area contributed by atoms with Gasteiger partial charge in [-0.05, 0) is 26.3 Å². The Kier molecular flexibility index (Phi) is 3.31. The number of fused-ring (bicyclic) bond motifs is 1. The maximum Gasteiger partial charge on any atom is 0.140 e. The molecule has 1 atom stereocenters. The van der Waals surface area contributed by atoms with Crippen molar-refractivity contribution in [3.63, 3.8) is 0 Å². The average molecular weight is 251 g/mol. The van der Waals surface area contributed by atoms with Crippen LogP contribution < -0.4 is 4.90 Å². The number of aromatic nitrogens is 2. The molecule has 0 fully saturated rings. The van der Waals surface area contributed by atoms with Gasteiger partial charge in [0.15, 0.2) is 0 Å². The van der Waals surface area contributed by atoms with Gasteiger partial charge in [0.1, 0.15) is 17.0 Å². The van der Waals surface area contributed by atoms with E-state index in [1.807, 2.05) is 11.9 Å². The summed E-state index contributed by atoms with van der Waals surface area (Å²) >= 11 is 1.69. The highest BCUT2D eigenvalue weighted by Crippen LogP contribution is 2.33. The lowest BCUT2D eigenvalue weighted by Gasteiger charge is -2.20. The molecule has 17 heavy (non-hydrogen) atoms. The van der Waals surface area contributed by atoms with Crippen molar-refractivity contribution >= 4 is 27.4 Å². The zero-order chi connectivity index (χ0) is 12.6. The van der Waals surface area contributed by atoms with Crippen molar-refractivity contribution < 1.29 is 5.11 Å². The molecule has 0 radical (unpaired) electrons. The third-order valence-corrected chi connectivity index (χ3v) is 3.96. The first-order valence-corrected chi connectivity index (χ1v) is 6.42. The van der Waals surface area contributed by atoms with Crippen LogP contribution in [0.25, 0.3) is 10.2 Å². The van der Waals surface area contributed by atoms with Crippen molar-refractivity contribution in [3.8, 4) is 0 Å². The predicted molar refractivity (Wildman–Crippen MR) is 71.8 cm³/mol. The number of hydrogen-bond acceptors (Lipinski definition) is 5. The average Bonchev–Trinajstić information content (AvgIpc) is 2.54. The number of nitrogens with zero attached hydrogens (tertiary/aromatic N) is 3. The Hall–Kier alpha value is -1.20.